The van der Waals surface area contributed by atoms with Crippen LogP contribution in [-0.2, 0) is 9.59 Å². The van der Waals surface area contributed by atoms with Crippen LogP contribution in [0.3, 0.4) is 0 Å². The fourth-order valence-corrected chi connectivity index (χ4v) is 1.59. The second-order valence-corrected chi connectivity index (χ2v) is 4.41. The average Bonchev–Trinajstić information content (AvgIpc) is 2.02. The summed E-state index contributed by atoms with van der Waals surface area (Å²) in [7, 11) is 0. The van der Waals surface area contributed by atoms with Crippen molar-refractivity contribution < 1.29 is 14.7 Å². The molecule has 0 heterocycles. The lowest BCUT2D eigenvalue weighted by atomic mass is 10.2. The maximum Gasteiger partial charge on any atom is 0.305 e. The molecule has 0 saturated carbocycles. The van der Waals surface area contributed by atoms with E-state index in [-0.39, 0.29) is 18.4 Å². The van der Waals surface area contributed by atoms with Crippen molar-refractivity contribution in [3.63, 3.8) is 0 Å². The SMILES string of the molecule is CCSCCC(=O)NC(C)CC(=O)O. The lowest BCUT2D eigenvalue weighted by Gasteiger charge is -2.10. The molecule has 0 aromatic rings. The Hall–Kier alpha value is -0.710. The third-order valence-corrected chi connectivity index (χ3v) is 2.47. The van der Waals surface area contributed by atoms with E-state index >= 15 is 0 Å². The highest BCUT2D eigenvalue weighted by molar-refractivity contribution is 7.99. The zero-order valence-electron chi connectivity index (χ0n) is 8.58. The number of carbonyl (C=O) groups excluding carboxylic acids is 1. The zero-order chi connectivity index (χ0) is 11.0. The van der Waals surface area contributed by atoms with Gasteiger partial charge in [0.15, 0.2) is 0 Å². The number of hydrogen-bond acceptors (Lipinski definition) is 3. The van der Waals surface area contributed by atoms with Crippen LogP contribution < -0.4 is 5.32 Å². The molecule has 0 rings (SSSR count). The Morgan fingerprint density at radius 1 is 1.50 bits per heavy atom. The first-order chi connectivity index (χ1) is 6.56. The molecule has 0 aliphatic rings. The number of thioether (sulfide) groups is 1. The van der Waals surface area contributed by atoms with Gasteiger partial charge < -0.3 is 10.4 Å². The molecule has 0 aliphatic heterocycles. The number of carboxylic acids is 1. The molecule has 0 bridgehead atoms. The van der Waals surface area contributed by atoms with Gasteiger partial charge >= 0.3 is 5.97 Å². The van der Waals surface area contributed by atoms with Crippen molar-refractivity contribution in [2.75, 3.05) is 11.5 Å². The van der Waals surface area contributed by atoms with Crippen LogP contribution in [0.5, 0.6) is 0 Å². The molecular formula is C9H17NO3S. The van der Waals surface area contributed by atoms with Gasteiger partial charge in [-0.2, -0.15) is 11.8 Å². The van der Waals surface area contributed by atoms with Crippen molar-refractivity contribution >= 4 is 23.6 Å². The molecule has 5 heteroatoms. The summed E-state index contributed by atoms with van der Waals surface area (Å²) in [5.74, 6) is 0.834. The van der Waals surface area contributed by atoms with Crippen molar-refractivity contribution in [2.45, 2.75) is 32.7 Å². The molecule has 0 aromatic heterocycles. The van der Waals surface area contributed by atoms with E-state index in [1.807, 2.05) is 6.92 Å². The molecule has 0 aromatic carbocycles. The van der Waals surface area contributed by atoms with E-state index in [1.54, 1.807) is 18.7 Å². The molecule has 4 nitrogen and oxygen atoms in total. The van der Waals surface area contributed by atoms with Crippen molar-refractivity contribution in [3.05, 3.63) is 0 Å². The number of aliphatic carboxylic acids is 1. The normalized spacial score (nSPS) is 12.1. The molecule has 1 atom stereocenters. The number of rotatable bonds is 7. The monoisotopic (exact) mass is 219 g/mol. The third-order valence-electron chi connectivity index (χ3n) is 1.57. The first kappa shape index (κ1) is 13.3. The number of carboxylic acid groups (broad SMARTS) is 1. The Morgan fingerprint density at radius 2 is 2.14 bits per heavy atom. The highest BCUT2D eigenvalue weighted by Gasteiger charge is 2.10. The minimum absolute atomic E-state index is 0.0212. The van der Waals surface area contributed by atoms with Gasteiger partial charge in [0.25, 0.3) is 0 Å². The van der Waals surface area contributed by atoms with Crippen LogP contribution in [0.1, 0.15) is 26.7 Å². The van der Waals surface area contributed by atoms with Crippen LogP contribution >= 0.6 is 11.8 Å². The Kier molecular flexibility index (Phi) is 7.28. The van der Waals surface area contributed by atoms with Gasteiger partial charge in [-0.05, 0) is 12.7 Å². The highest BCUT2D eigenvalue weighted by atomic mass is 32.2. The van der Waals surface area contributed by atoms with Crippen LogP contribution in [0, 0.1) is 0 Å². The van der Waals surface area contributed by atoms with Crippen LogP contribution in [-0.4, -0.2) is 34.5 Å². The summed E-state index contributed by atoms with van der Waals surface area (Å²) >= 11 is 1.70. The second kappa shape index (κ2) is 7.67. The smallest absolute Gasteiger partial charge is 0.305 e. The van der Waals surface area contributed by atoms with Crippen LogP contribution in [0.15, 0.2) is 0 Å². The Bertz CT molecular complexity index is 196. The van der Waals surface area contributed by atoms with E-state index in [0.29, 0.717) is 6.42 Å². The molecule has 0 radical (unpaired) electrons. The molecule has 14 heavy (non-hydrogen) atoms. The van der Waals surface area contributed by atoms with Gasteiger partial charge in [0.1, 0.15) is 0 Å². The first-order valence-electron chi connectivity index (χ1n) is 4.65. The molecule has 0 spiro atoms. The Morgan fingerprint density at radius 3 is 2.64 bits per heavy atom. The summed E-state index contributed by atoms with van der Waals surface area (Å²) < 4.78 is 0. The Labute approximate surface area is 88.4 Å². The molecule has 1 amide bonds. The van der Waals surface area contributed by atoms with E-state index in [0.717, 1.165) is 11.5 Å². The van der Waals surface area contributed by atoms with Gasteiger partial charge in [-0.25, -0.2) is 0 Å². The number of nitrogens with one attached hydrogen (secondary N) is 1. The average molecular weight is 219 g/mol. The van der Waals surface area contributed by atoms with Gasteiger partial charge in [0, 0.05) is 18.2 Å². The van der Waals surface area contributed by atoms with Crippen molar-refractivity contribution in [3.8, 4) is 0 Å². The van der Waals surface area contributed by atoms with Gasteiger partial charge in [-0.15, -0.1) is 0 Å². The van der Waals surface area contributed by atoms with Crippen LogP contribution in [0.4, 0.5) is 0 Å². The van der Waals surface area contributed by atoms with Crippen molar-refractivity contribution in [1.82, 2.24) is 5.32 Å². The fraction of sp³-hybridized carbons (Fsp3) is 0.778. The number of hydrogen-bond donors (Lipinski definition) is 2. The van der Waals surface area contributed by atoms with Crippen LogP contribution in [0.2, 0.25) is 0 Å². The van der Waals surface area contributed by atoms with Crippen molar-refractivity contribution in [1.29, 1.82) is 0 Å². The largest absolute Gasteiger partial charge is 0.481 e. The van der Waals surface area contributed by atoms with Gasteiger partial charge in [0.2, 0.25) is 5.91 Å². The first-order valence-corrected chi connectivity index (χ1v) is 5.80. The van der Waals surface area contributed by atoms with Gasteiger partial charge in [-0.1, -0.05) is 6.92 Å². The maximum atomic E-state index is 11.2. The minimum Gasteiger partial charge on any atom is -0.481 e. The lowest BCUT2D eigenvalue weighted by Crippen LogP contribution is -2.34. The zero-order valence-corrected chi connectivity index (χ0v) is 9.39. The van der Waals surface area contributed by atoms with E-state index in [2.05, 4.69) is 5.32 Å². The van der Waals surface area contributed by atoms with Gasteiger partial charge in [0.05, 0.1) is 6.42 Å². The van der Waals surface area contributed by atoms with E-state index in [1.165, 1.54) is 0 Å². The predicted molar refractivity (Wildman–Crippen MR) is 57.5 cm³/mol. The standard InChI is InChI=1S/C9H17NO3S/c1-3-14-5-4-8(11)10-7(2)6-9(12)13/h7H,3-6H2,1-2H3,(H,10,11)(H,12,13). The maximum absolute atomic E-state index is 11.2. The number of carbonyl (C=O) groups is 2. The molecule has 0 fully saturated rings. The topological polar surface area (TPSA) is 66.4 Å². The molecule has 0 aliphatic carbocycles. The highest BCUT2D eigenvalue weighted by Crippen LogP contribution is 2.01. The summed E-state index contributed by atoms with van der Waals surface area (Å²) in [5, 5.41) is 11.1. The molecule has 1 unspecified atom stereocenters. The third kappa shape index (κ3) is 7.91. The fourth-order valence-electron chi connectivity index (χ4n) is 0.969. The predicted octanol–water partition coefficient (Wildman–Crippen LogP) is 1.11. The molecule has 82 valence electrons. The van der Waals surface area contributed by atoms with E-state index in [4.69, 9.17) is 5.11 Å². The van der Waals surface area contributed by atoms with Crippen LogP contribution in [0.25, 0.3) is 0 Å². The number of amides is 1. The summed E-state index contributed by atoms with van der Waals surface area (Å²) in [6.45, 7) is 3.73. The summed E-state index contributed by atoms with van der Waals surface area (Å²) in [5.41, 5.74) is 0. The summed E-state index contributed by atoms with van der Waals surface area (Å²) in [6, 6.07) is -0.286. The van der Waals surface area contributed by atoms with Gasteiger partial charge in [-0.3, -0.25) is 9.59 Å². The van der Waals surface area contributed by atoms with Crippen molar-refractivity contribution in [2.24, 2.45) is 0 Å². The second-order valence-electron chi connectivity index (χ2n) is 3.01. The molecule has 0 saturated heterocycles. The van der Waals surface area contributed by atoms with E-state index in [9.17, 15) is 9.59 Å². The van der Waals surface area contributed by atoms with E-state index < -0.39 is 5.97 Å². The quantitative estimate of drug-likeness (QED) is 0.629. The summed E-state index contributed by atoms with van der Waals surface area (Å²) in [6.07, 6.45) is 0.440. The molecule has 2 N–H and O–H groups in total. The lowest BCUT2D eigenvalue weighted by molar-refractivity contribution is -0.137. The minimum atomic E-state index is -0.888. The Balaban J connectivity index is 3.55. The molecular weight excluding hydrogens is 202 g/mol. The summed E-state index contributed by atoms with van der Waals surface area (Å²) in [4.78, 5) is 21.5.